The summed E-state index contributed by atoms with van der Waals surface area (Å²) in [7, 11) is 0. The van der Waals surface area contributed by atoms with E-state index in [1.807, 2.05) is 0 Å². The zero-order valence-electron chi connectivity index (χ0n) is 13.5. The lowest BCUT2D eigenvalue weighted by Crippen LogP contribution is -2.21. The fourth-order valence-electron chi connectivity index (χ4n) is 2.02. The van der Waals surface area contributed by atoms with Crippen LogP contribution in [0.3, 0.4) is 0 Å². The van der Waals surface area contributed by atoms with E-state index in [2.05, 4.69) is 5.10 Å². The zero-order valence-corrected chi connectivity index (χ0v) is 15.9. The van der Waals surface area contributed by atoms with Crippen LogP contribution in [0.4, 0.5) is 26.3 Å². The first-order valence-corrected chi connectivity index (χ1v) is 8.58. The van der Waals surface area contributed by atoms with E-state index < -0.39 is 73.7 Å². The first-order chi connectivity index (χ1) is 13.2. The number of thioether (sulfide) groups is 1. The summed E-state index contributed by atoms with van der Waals surface area (Å²) in [4.78, 5) is 10.1. The summed E-state index contributed by atoms with van der Waals surface area (Å²) in [6, 6.07) is 2.32. The summed E-state index contributed by atoms with van der Waals surface area (Å²) < 4.78 is 82.8. The van der Waals surface area contributed by atoms with Crippen LogP contribution in [0.1, 0.15) is 11.3 Å². The largest absolute Gasteiger partial charge is 0.467 e. The predicted molar refractivity (Wildman–Crippen MR) is 89.9 cm³/mol. The van der Waals surface area contributed by atoms with Gasteiger partial charge >= 0.3 is 11.7 Å². The van der Waals surface area contributed by atoms with Crippen molar-refractivity contribution in [2.75, 3.05) is 6.61 Å². The number of halogens is 8. The van der Waals surface area contributed by atoms with Crippen molar-refractivity contribution in [2.45, 2.75) is 16.6 Å². The Morgan fingerprint density at radius 1 is 1.24 bits per heavy atom. The Hall–Kier alpha value is -2.30. The van der Waals surface area contributed by atoms with Crippen LogP contribution in [0.2, 0.25) is 10.0 Å². The van der Waals surface area contributed by atoms with E-state index in [-0.39, 0.29) is 0 Å². The van der Waals surface area contributed by atoms with Crippen LogP contribution in [-0.2, 0) is 11.0 Å². The van der Waals surface area contributed by atoms with Crippen molar-refractivity contribution in [1.29, 1.82) is 5.26 Å². The fourth-order valence-corrected chi connectivity index (χ4v) is 3.31. The number of nitrogens with zero attached hydrogens (tertiary/aromatic N) is 3. The lowest BCUT2D eigenvalue weighted by molar-refractivity contribution is -0.137. The molecule has 1 amide bonds. The first kappa shape index (κ1) is 23.0. The number of hydrogen-bond acceptors (Lipinski definition) is 5. The fraction of sp³-hybridized carbons (Fsp3) is 0.214. The highest BCUT2D eigenvalue weighted by atomic mass is 35.5. The van der Waals surface area contributed by atoms with Crippen molar-refractivity contribution in [3.63, 3.8) is 0 Å². The number of carbonyl (C=O) groups is 1. The molecule has 0 bridgehead atoms. The number of amides is 1. The highest BCUT2D eigenvalue weighted by Gasteiger charge is 2.37. The van der Waals surface area contributed by atoms with Crippen molar-refractivity contribution >= 4 is 40.9 Å². The van der Waals surface area contributed by atoms with Crippen LogP contribution in [0.15, 0.2) is 17.0 Å². The topological polar surface area (TPSA) is 93.9 Å². The molecule has 2 N–H and O–H groups in total. The lowest BCUT2D eigenvalue weighted by Gasteiger charge is -2.15. The van der Waals surface area contributed by atoms with Crippen molar-refractivity contribution in [1.82, 2.24) is 9.78 Å². The second-order valence-corrected chi connectivity index (χ2v) is 6.99. The van der Waals surface area contributed by atoms with Gasteiger partial charge in [0.05, 0.1) is 15.6 Å². The standard InChI is InChI=1S/C14H6Cl2F6N4O2S/c15-6-1-5(13(17,18)19)2-7(16)10(6)26-12(28-4-9(24)27)11(8(3-23)25-26)29-14(20,21)22/h1-2H,4H2,(H2,24,27). The minimum atomic E-state index is -4.89. The molecule has 0 radical (unpaired) electrons. The molecular formula is C14H6Cl2F6N4O2S. The zero-order chi connectivity index (χ0) is 22.1. The van der Waals surface area contributed by atoms with Gasteiger partial charge in [0.15, 0.2) is 12.3 Å². The maximum atomic E-state index is 12.9. The van der Waals surface area contributed by atoms with Gasteiger partial charge in [-0.1, -0.05) is 23.2 Å². The van der Waals surface area contributed by atoms with Gasteiger partial charge in [0.2, 0.25) is 5.88 Å². The number of benzene rings is 1. The van der Waals surface area contributed by atoms with Gasteiger partial charge < -0.3 is 10.5 Å². The average molecular weight is 479 g/mol. The minimum absolute atomic E-state index is 0.463. The second-order valence-electron chi connectivity index (χ2n) is 5.10. The number of hydrogen-bond donors (Lipinski definition) is 1. The van der Waals surface area contributed by atoms with Gasteiger partial charge in [-0.3, -0.25) is 4.79 Å². The Labute approximate surface area is 172 Å². The van der Waals surface area contributed by atoms with E-state index >= 15 is 0 Å². The van der Waals surface area contributed by atoms with Crippen molar-refractivity contribution in [3.8, 4) is 17.6 Å². The van der Waals surface area contributed by atoms with Gasteiger partial charge in [-0.2, -0.15) is 41.4 Å². The highest BCUT2D eigenvalue weighted by molar-refractivity contribution is 8.00. The number of alkyl halides is 6. The number of nitrogens with two attached hydrogens (primary N) is 1. The van der Waals surface area contributed by atoms with Crippen LogP contribution in [-0.4, -0.2) is 27.8 Å². The first-order valence-electron chi connectivity index (χ1n) is 7.01. The second kappa shape index (κ2) is 8.21. The Morgan fingerprint density at radius 2 is 1.79 bits per heavy atom. The van der Waals surface area contributed by atoms with Gasteiger partial charge in [0.1, 0.15) is 16.7 Å². The van der Waals surface area contributed by atoms with E-state index in [9.17, 15) is 31.1 Å². The quantitative estimate of drug-likeness (QED) is 0.502. The monoisotopic (exact) mass is 478 g/mol. The summed E-state index contributed by atoms with van der Waals surface area (Å²) in [5.74, 6) is -1.88. The molecule has 1 heterocycles. The Balaban J connectivity index is 2.75. The van der Waals surface area contributed by atoms with Crippen LogP contribution < -0.4 is 10.5 Å². The molecule has 0 aliphatic heterocycles. The molecule has 15 heteroatoms. The van der Waals surface area contributed by atoms with Crippen LogP contribution >= 0.6 is 35.0 Å². The minimum Gasteiger partial charge on any atom is -0.467 e. The Bertz CT molecular complexity index is 977. The molecule has 0 fully saturated rings. The van der Waals surface area contributed by atoms with Gasteiger partial charge in [0, 0.05) is 0 Å². The Kier molecular flexibility index (Phi) is 6.51. The summed E-state index contributed by atoms with van der Waals surface area (Å²) >= 11 is 10.9. The molecule has 2 rings (SSSR count). The molecule has 6 nitrogen and oxygen atoms in total. The van der Waals surface area contributed by atoms with Crippen molar-refractivity contribution in [3.05, 3.63) is 33.4 Å². The normalized spacial score (nSPS) is 12.0. The number of rotatable bonds is 5. The summed E-state index contributed by atoms with van der Waals surface area (Å²) in [6.45, 7) is -0.919. The molecular weight excluding hydrogens is 473 g/mol. The SMILES string of the molecule is N#Cc1nn(-c2c(Cl)cc(C(F)(F)F)cc2Cl)c(OCC(N)=O)c1SC(F)(F)F. The van der Waals surface area contributed by atoms with Crippen molar-refractivity contribution in [2.24, 2.45) is 5.73 Å². The number of ether oxygens (including phenoxy) is 1. The number of aromatic nitrogens is 2. The molecule has 29 heavy (non-hydrogen) atoms. The smallest absolute Gasteiger partial charge is 0.446 e. The maximum absolute atomic E-state index is 12.9. The molecule has 0 saturated carbocycles. The molecule has 1 aromatic carbocycles. The van der Waals surface area contributed by atoms with Crippen LogP contribution in [0.5, 0.6) is 5.88 Å². The van der Waals surface area contributed by atoms with Gasteiger partial charge in [0.25, 0.3) is 5.91 Å². The van der Waals surface area contributed by atoms with E-state index in [4.69, 9.17) is 38.9 Å². The average Bonchev–Trinajstić information content (AvgIpc) is 2.87. The van der Waals surface area contributed by atoms with E-state index in [0.717, 1.165) is 0 Å². The lowest BCUT2D eigenvalue weighted by atomic mass is 10.2. The number of carbonyl (C=O) groups excluding carboxylic acids is 1. The predicted octanol–water partition coefficient (Wildman–Crippen LogP) is 4.55. The Morgan fingerprint density at radius 3 is 2.21 bits per heavy atom. The summed E-state index contributed by atoms with van der Waals surface area (Å²) in [5.41, 5.74) is -2.50. The third-order valence-electron chi connectivity index (χ3n) is 3.03. The third-order valence-corrected chi connectivity index (χ3v) is 4.41. The molecule has 0 atom stereocenters. The summed E-state index contributed by atoms with van der Waals surface area (Å²) in [5, 5.41) is 11.4. The third kappa shape index (κ3) is 5.40. The number of nitriles is 1. The molecule has 0 unspecified atom stereocenters. The van der Waals surface area contributed by atoms with Gasteiger partial charge in [-0.15, -0.1) is 0 Å². The van der Waals surface area contributed by atoms with Crippen LogP contribution in [0, 0.1) is 11.3 Å². The molecule has 156 valence electrons. The van der Waals surface area contributed by atoms with E-state index in [0.29, 0.717) is 16.8 Å². The highest BCUT2D eigenvalue weighted by Crippen LogP contribution is 2.46. The van der Waals surface area contributed by atoms with E-state index in [1.54, 1.807) is 0 Å². The molecule has 2 aromatic rings. The molecule has 0 aliphatic carbocycles. The number of primary amides is 1. The summed E-state index contributed by atoms with van der Waals surface area (Å²) in [6.07, 6.45) is -4.81. The maximum Gasteiger partial charge on any atom is 0.446 e. The van der Waals surface area contributed by atoms with Crippen molar-refractivity contribution < 1.29 is 35.9 Å². The molecule has 0 saturated heterocycles. The van der Waals surface area contributed by atoms with Gasteiger partial charge in [-0.05, 0) is 23.9 Å². The molecule has 0 aliphatic rings. The molecule has 0 spiro atoms. The van der Waals surface area contributed by atoms with E-state index in [1.165, 1.54) is 6.07 Å². The molecule has 1 aromatic heterocycles. The van der Waals surface area contributed by atoms with Gasteiger partial charge in [-0.25, -0.2) is 0 Å². The van der Waals surface area contributed by atoms with Crippen LogP contribution in [0.25, 0.3) is 5.69 Å².